The first-order valence-corrected chi connectivity index (χ1v) is 8.45. The van der Waals surface area contributed by atoms with Crippen LogP contribution in [0.1, 0.15) is 42.5 Å². The predicted octanol–water partition coefficient (Wildman–Crippen LogP) is 3.25. The molecule has 1 saturated heterocycles. The summed E-state index contributed by atoms with van der Waals surface area (Å²) in [6, 6.07) is 1.69. The van der Waals surface area contributed by atoms with E-state index in [9.17, 15) is 13.6 Å². The van der Waals surface area contributed by atoms with Crippen molar-refractivity contribution in [3.05, 3.63) is 24.2 Å². The van der Waals surface area contributed by atoms with Crippen LogP contribution in [0, 0.1) is 5.92 Å². The molecule has 0 bridgehead atoms. The van der Waals surface area contributed by atoms with Crippen LogP contribution in [0.4, 0.5) is 8.78 Å². The minimum Gasteiger partial charge on any atom is -0.472 e. The maximum absolute atomic E-state index is 13.2. The van der Waals surface area contributed by atoms with Gasteiger partial charge in [-0.05, 0) is 37.8 Å². The molecule has 1 saturated carbocycles. The average Bonchev–Trinajstić information content (AvgIpc) is 2.96. The number of halogens is 2. The van der Waals surface area contributed by atoms with Gasteiger partial charge in [0, 0.05) is 39.0 Å². The molecule has 2 fully saturated rings. The number of alkyl halides is 2. The van der Waals surface area contributed by atoms with Crippen molar-refractivity contribution >= 4 is 5.91 Å². The summed E-state index contributed by atoms with van der Waals surface area (Å²) in [5, 5.41) is 0. The van der Waals surface area contributed by atoms with Gasteiger partial charge in [-0.1, -0.05) is 0 Å². The zero-order valence-electron chi connectivity index (χ0n) is 13.3. The number of hydrogen-bond donors (Lipinski definition) is 0. The molecule has 6 heteroatoms. The number of hydrogen-bond acceptors (Lipinski definition) is 3. The van der Waals surface area contributed by atoms with Crippen molar-refractivity contribution in [2.75, 3.05) is 32.7 Å². The zero-order chi connectivity index (χ0) is 16.3. The molecule has 3 rings (SSSR count). The third kappa shape index (κ3) is 4.31. The van der Waals surface area contributed by atoms with E-state index in [-0.39, 0.29) is 18.7 Å². The fraction of sp³-hybridized carbons (Fsp3) is 0.706. The van der Waals surface area contributed by atoms with Crippen LogP contribution in [0.25, 0.3) is 0 Å². The van der Waals surface area contributed by atoms with E-state index in [0.717, 1.165) is 32.6 Å². The lowest BCUT2D eigenvalue weighted by Gasteiger charge is -2.32. The second-order valence-electron chi connectivity index (χ2n) is 6.76. The van der Waals surface area contributed by atoms with E-state index < -0.39 is 5.92 Å². The SMILES string of the molecule is O=C(c1ccoc1)N1CCCN(CC2CCC(F)(F)CC2)CC1. The van der Waals surface area contributed by atoms with Crippen molar-refractivity contribution in [3.63, 3.8) is 0 Å². The van der Waals surface area contributed by atoms with Crippen LogP contribution >= 0.6 is 0 Å². The van der Waals surface area contributed by atoms with Gasteiger partial charge in [0.1, 0.15) is 6.26 Å². The summed E-state index contributed by atoms with van der Waals surface area (Å²) in [4.78, 5) is 16.5. The largest absolute Gasteiger partial charge is 0.472 e. The molecule has 0 unspecified atom stereocenters. The summed E-state index contributed by atoms with van der Waals surface area (Å²) in [7, 11) is 0. The average molecular weight is 326 g/mol. The van der Waals surface area contributed by atoms with Gasteiger partial charge >= 0.3 is 0 Å². The summed E-state index contributed by atoms with van der Waals surface area (Å²) in [6.07, 6.45) is 5.19. The highest BCUT2D eigenvalue weighted by Gasteiger charge is 2.35. The predicted molar refractivity (Wildman–Crippen MR) is 82.6 cm³/mol. The Kier molecular flexibility index (Phi) is 4.99. The Morgan fingerprint density at radius 3 is 2.70 bits per heavy atom. The third-order valence-electron chi connectivity index (χ3n) is 5.00. The van der Waals surface area contributed by atoms with E-state index in [1.807, 2.05) is 4.90 Å². The molecule has 1 aliphatic heterocycles. The third-order valence-corrected chi connectivity index (χ3v) is 5.00. The van der Waals surface area contributed by atoms with Gasteiger partial charge in [-0.2, -0.15) is 0 Å². The molecule has 23 heavy (non-hydrogen) atoms. The van der Waals surface area contributed by atoms with Crippen LogP contribution in [-0.4, -0.2) is 54.4 Å². The standard InChI is InChI=1S/C17H24F2N2O2/c18-17(19)5-2-14(3-6-17)12-20-7-1-8-21(10-9-20)16(22)15-4-11-23-13-15/h4,11,13-14H,1-3,5-10,12H2. The lowest BCUT2D eigenvalue weighted by atomic mass is 9.86. The molecule has 128 valence electrons. The molecule has 0 radical (unpaired) electrons. The number of rotatable bonds is 3. The monoisotopic (exact) mass is 326 g/mol. The summed E-state index contributed by atoms with van der Waals surface area (Å²) in [5.41, 5.74) is 0.591. The molecule has 4 nitrogen and oxygen atoms in total. The summed E-state index contributed by atoms with van der Waals surface area (Å²) >= 11 is 0. The van der Waals surface area contributed by atoms with Crippen LogP contribution in [0.5, 0.6) is 0 Å². The maximum atomic E-state index is 13.2. The van der Waals surface area contributed by atoms with Crippen LogP contribution < -0.4 is 0 Å². The van der Waals surface area contributed by atoms with Gasteiger partial charge in [-0.25, -0.2) is 8.78 Å². The van der Waals surface area contributed by atoms with Gasteiger partial charge in [0.15, 0.2) is 0 Å². The first-order valence-electron chi connectivity index (χ1n) is 8.45. The summed E-state index contributed by atoms with van der Waals surface area (Å²) in [5.74, 6) is -2.08. The molecule has 0 atom stereocenters. The van der Waals surface area contributed by atoms with E-state index in [1.165, 1.54) is 12.5 Å². The Morgan fingerprint density at radius 1 is 1.22 bits per heavy atom. The molecular weight excluding hydrogens is 302 g/mol. The summed E-state index contributed by atoms with van der Waals surface area (Å²) in [6.45, 7) is 4.05. The van der Waals surface area contributed by atoms with Gasteiger partial charge in [-0.15, -0.1) is 0 Å². The highest BCUT2D eigenvalue weighted by atomic mass is 19.3. The number of furan rings is 1. The number of nitrogens with zero attached hydrogens (tertiary/aromatic N) is 2. The Morgan fingerprint density at radius 2 is 2.00 bits per heavy atom. The van der Waals surface area contributed by atoms with Crippen LogP contribution in [-0.2, 0) is 0 Å². The minimum atomic E-state index is -2.46. The summed E-state index contributed by atoms with van der Waals surface area (Å²) < 4.78 is 31.4. The topological polar surface area (TPSA) is 36.7 Å². The van der Waals surface area contributed by atoms with Gasteiger partial charge in [0.2, 0.25) is 5.92 Å². The zero-order valence-corrected chi connectivity index (χ0v) is 13.3. The second-order valence-corrected chi connectivity index (χ2v) is 6.76. The first kappa shape index (κ1) is 16.4. The van der Waals surface area contributed by atoms with Gasteiger partial charge < -0.3 is 14.2 Å². The highest BCUT2D eigenvalue weighted by Crippen LogP contribution is 2.36. The number of amides is 1. The smallest absolute Gasteiger partial charge is 0.257 e. The molecule has 1 amide bonds. The highest BCUT2D eigenvalue weighted by molar-refractivity contribution is 5.93. The van der Waals surface area contributed by atoms with Crippen molar-refractivity contribution in [2.45, 2.75) is 38.0 Å². The van der Waals surface area contributed by atoms with Gasteiger partial charge in [0.25, 0.3) is 5.91 Å². The lowest BCUT2D eigenvalue weighted by Crippen LogP contribution is -2.37. The number of carbonyl (C=O) groups excluding carboxylic acids is 1. The van der Waals surface area contributed by atoms with E-state index >= 15 is 0 Å². The fourth-order valence-corrected chi connectivity index (χ4v) is 3.57. The quantitative estimate of drug-likeness (QED) is 0.855. The van der Waals surface area contributed by atoms with Crippen molar-refractivity contribution < 1.29 is 18.0 Å². The first-order chi connectivity index (χ1) is 11.0. The normalized spacial score (nSPS) is 23.7. The van der Waals surface area contributed by atoms with Crippen molar-refractivity contribution in [2.24, 2.45) is 5.92 Å². The Balaban J connectivity index is 1.48. The molecule has 0 spiro atoms. The molecule has 0 aromatic carbocycles. The van der Waals surface area contributed by atoms with E-state index in [1.54, 1.807) is 6.07 Å². The molecule has 1 aromatic heterocycles. The van der Waals surface area contributed by atoms with E-state index in [2.05, 4.69) is 4.90 Å². The van der Waals surface area contributed by atoms with Gasteiger partial charge in [0.05, 0.1) is 11.8 Å². The molecule has 1 aliphatic carbocycles. The molecule has 2 aliphatic rings. The van der Waals surface area contributed by atoms with Crippen molar-refractivity contribution in [1.29, 1.82) is 0 Å². The molecule has 0 N–H and O–H groups in total. The number of carbonyl (C=O) groups is 1. The minimum absolute atomic E-state index is 0.0120. The molecule has 2 heterocycles. The Hall–Kier alpha value is -1.43. The lowest BCUT2D eigenvalue weighted by molar-refractivity contribution is -0.0487. The van der Waals surface area contributed by atoms with Crippen LogP contribution in [0.2, 0.25) is 0 Å². The Bertz CT molecular complexity index is 509. The van der Waals surface area contributed by atoms with E-state index in [0.29, 0.717) is 30.9 Å². The van der Waals surface area contributed by atoms with Crippen LogP contribution in [0.3, 0.4) is 0 Å². The maximum Gasteiger partial charge on any atom is 0.257 e. The molecular formula is C17H24F2N2O2. The van der Waals surface area contributed by atoms with Crippen molar-refractivity contribution in [3.8, 4) is 0 Å². The molecule has 1 aromatic rings. The van der Waals surface area contributed by atoms with Crippen LogP contribution in [0.15, 0.2) is 23.0 Å². The fourth-order valence-electron chi connectivity index (χ4n) is 3.57. The van der Waals surface area contributed by atoms with Gasteiger partial charge in [-0.3, -0.25) is 4.79 Å². The Labute approximate surface area is 135 Å². The van der Waals surface area contributed by atoms with Crippen molar-refractivity contribution in [1.82, 2.24) is 9.80 Å². The van der Waals surface area contributed by atoms with E-state index in [4.69, 9.17) is 4.42 Å². The second kappa shape index (κ2) is 6.99.